The summed E-state index contributed by atoms with van der Waals surface area (Å²) >= 11 is 1.45. The second kappa shape index (κ2) is 8.14. The molecular weight excluding hydrogens is 298 g/mol. The van der Waals surface area contributed by atoms with Gasteiger partial charge in [0.25, 0.3) is 0 Å². The highest BCUT2D eigenvalue weighted by Gasteiger charge is 2.04. The summed E-state index contributed by atoms with van der Waals surface area (Å²) in [6.07, 6.45) is 3.37. The second-order valence-corrected chi connectivity index (χ2v) is 5.59. The van der Waals surface area contributed by atoms with Gasteiger partial charge in [0.15, 0.2) is 5.13 Å². The number of carbonyl (C=O) groups is 1. The molecule has 0 saturated heterocycles. The fourth-order valence-corrected chi connectivity index (χ4v) is 2.70. The van der Waals surface area contributed by atoms with Crippen LogP contribution >= 0.6 is 11.3 Å². The predicted molar refractivity (Wildman–Crippen MR) is 91.4 cm³/mol. The second-order valence-electron chi connectivity index (χ2n) is 4.73. The van der Waals surface area contributed by atoms with Crippen molar-refractivity contribution in [2.75, 3.05) is 17.2 Å². The van der Waals surface area contributed by atoms with Crippen LogP contribution in [-0.4, -0.2) is 23.7 Å². The summed E-state index contributed by atoms with van der Waals surface area (Å²) in [6.45, 7) is 2.09. The SMILES string of the molecule is CC(=O)Nc1nc(CCc2ccc(NCC=NN)cc2)cs1. The molecule has 0 atom stereocenters. The molecule has 0 aliphatic carbocycles. The minimum Gasteiger partial charge on any atom is -0.380 e. The van der Waals surface area contributed by atoms with Gasteiger partial charge in [0.2, 0.25) is 5.91 Å². The first-order valence-electron chi connectivity index (χ1n) is 6.94. The normalized spacial score (nSPS) is 10.8. The van der Waals surface area contributed by atoms with Gasteiger partial charge in [-0.05, 0) is 30.5 Å². The molecule has 0 spiro atoms. The Morgan fingerprint density at radius 2 is 2.14 bits per heavy atom. The largest absolute Gasteiger partial charge is 0.380 e. The molecule has 7 heteroatoms. The monoisotopic (exact) mass is 317 g/mol. The molecule has 0 fully saturated rings. The smallest absolute Gasteiger partial charge is 0.223 e. The van der Waals surface area contributed by atoms with E-state index >= 15 is 0 Å². The maximum atomic E-state index is 11.0. The molecule has 22 heavy (non-hydrogen) atoms. The molecule has 0 aliphatic rings. The Kier molecular flexibility index (Phi) is 5.91. The van der Waals surface area contributed by atoms with E-state index in [1.54, 1.807) is 6.21 Å². The average Bonchev–Trinajstić information content (AvgIpc) is 2.93. The first-order valence-corrected chi connectivity index (χ1v) is 7.82. The van der Waals surface area contributed by atoms with Crippen molar-refractivity contribution in [2.45, 2.75) is 19.8 Å². The van der Waals surface area contributed by atoms with E-state index in [4.69, 9.17) is 5.84 Å². The fraction of sp³-hybridized carbons (Fsp3) is 0.267. The Balaban J connectivity index is 1.83. The fourth-order valence-electron chi connectivity index (χ4n) is 1.91. The number of anilines is 2. The Morgan fingerprint density at radius 1 is 1.36 bits per heavy atom. The van der Waals surface area contributed by atoms with Gasteiger partial charge >= 0.3 is 0 Å². The number of amides is 1. The van der Waals surface area contributed by atoms with Crippen molar-refractivity contribution in [3.05, 3.63) is 40.9 Å². The molecule has 4 N–H and O–H groups in total. The van der Waals surface area contributed by atoms with Gasteiger partial charge in [-0.3, -0.25) is 4.79 Å². The summed E-state index contributed by atoms with van der Waals surface area (Å²) < 4.78 is 0. The van der Waals surface area contributed by atoms with Crippen LogP contribution in [0.2, 0.25) is 0 Å². The van der Waals surface area contributed by atoms with Gasteiger partial charge in [0.05, 0.1) is 12.2 Å². The van der Waals surface area contributed by atoms with Crippen LogP contribution in [0.4, 0.5) is 10.8 Å². The number of aromatic nitrogens is 1. The highest BCUT2D eigenvalue weighted by Crippen LogP contribution is 2.17. The van der Waals surface area contributed by atoms with Crippen molar-refractivity contribution < 1.29 is 4.79 Å². The van der Waals surface area contributed by atoms with Crippen molar-refractivity contribution >= 4 is 34.3 Å². The van der Waals surface area contributed by atoms with Crippen molar-refractivity contribution in [2.24, 2.45) is 10.9 Å². The van der Waals surface area contributed by atoms with E-state index in [0.717, 1.165) is 24.2 Å². The van der Waals surface area contributed by atoms with Gasteiger partial charge in [-0.2, -0.15) is 5.10 Å². The zero-order valence-corrected chi connectivity index (χ0v) is 13.2. The number of nitrogens with zero attached hydrogens (tertiary/aromatic N) is 2. The van der Waals surface area contributed by atoms with E-state index in [9.17, 15) is 4.79 Å². The van der Waals surface area contributed by atoms with E-state index in [2.05, 4.69) is 32.9 Å². The topological polar surface area (TPSA) is 92.4 Å². The Hall–Kier alpha value is -2.41. The van der Waals surface area contributed by atoms with Crippen molar-refractivity contribution in [1.29, 1.82) is 0 Å². The van der Waals surface area contributed by atoms with Crippen LogP contribution in [0.15, 0.2) is 34.7 Å². The number of thiazole rings is 1. The number of benzene rings is 1. The van der Waals surface area contributed by atoms with E-state index in [1.165, 1.54) is 23.8 Å². The lowest BCUT2D eigenvalue weighted by Crippen LogP contribution is -2.05. The summed E-state index contributed by atoms with van der Waals surface area (Å²) in [5, 5.41) is 12.0. The Labute approximate surface area is 133 Å². The number of carbonyl (C=O) groups excluding carboxylic acids is 1. The van der Waals surface area contributed by atoms with Crippen molar-refractivity contribution in [1.82, 2.24) is 4.98 Å². The highest BCUT2D eigenvalue weighted by molar-refractivity contribution is 7.13. The quantitative estimate of drug-likeness (QED) is 0.415. The van der Waals surface area contributed by atoms with Crippen LogP contribution in [-0.2, 0) is 17.6 Å². The number of rotatable bonds is 7. The number of nitrogens with one attached hydrogen (secondary N) is 2. The third-order valence-corrected chi connectivity index (χ3v) is 3.77. The van der Waals surface area contributed by atoms with Gasteiger partial charge in [0, 0.05) is 24.2 Å². The molecule has 2 aromatic rings. The van der Waals surface area contributed by atoms with Crippen molar-refractivity contribution in [3.8, 4) is 0 Å². The predicted octanol–water partition coefficient (Wildman–Crippen LogP) is 2.24. The molecule has 1 aromatic heterocycles. The number of hydrogen-bond acceptors (Lipinski definition) is 6. The van der Waals surface area contributed by atoms with Crippen molar-refractivity contribution in [3.63, 3.8) is 0 Å². The first-order chi connectivity index (χ1) is 10.7. The summed E-state index contributed by atoms with van der Waals surface area (Å²) in [7, 11) is 0. The maximum Gasteiger partial charge on any atom is 0.223 e. The van der Waals surface area contributed by atoms with Crippen LogP contribution in [0.25, 0.3) is 0 Å². The molecule has 0 saturated carbocycles. The van der Waals surface area contributed by atoms with Gasteiger partial charge in [-0.1, -0.05) is 12.1 Å². The average molecular weight is 317 g/mol. The van der Waals surface area contributed by atoms with Crippen LogP contribution in [0.5, 0.6) is 0 Å². The van der Waals surface area contributed by atoms with E-state index in [-0.39, 0.29) is 5.91 Å². The number of hydrogen-bond donors (Lipinski definition) is 3. The molecule has 1 aromatic carbocycles. The summed E-state index contributed by atoms with van der Waals surface area (Å²) in [6, 6.07) is 8.24. The molecule has 0 unspecified atom stereocenters. The Morgan fingerprint density at radius 3 is 2.82 bits per heavy atom. The van der Waals surface area contributed by atoms with E-state index < -0.39 is 0 Å². The molecule has 0 aliphatic heterocycles. The molecule has 0 radical (unpaired) electrons. The lowest BCUT2D eigenvalue weighted by atomic mass is 10.1. The van der Waals surface area contributed by atoms with Crippen LogP contribution in [0.3, 0.4) is 0 Å². The molecule has 2 rings (SSSR count). The minimum absolute atomic E-state index is 0.0938. The molecule has 1 amide bonds. The van der Waals surface area contributed by atoms with Gasteiger partial charge in [0.1, 0.15) is 0 Å². The van der Waals surface area contributed by atoms with Gasteiger partial charge in [-0.15, -0.1) is 11.3 Å². The summed E-state index contributed by atoms with van der Waals surface area (Å²) in [5.74, 6) is 4.95. The first kappa shape index (κ1) is 16.0. The molecular formula is C15H19N5OS. The lowest BCUT2D eigenvalue weighted by molar-refractivity contribution is -0.114. The summed E-state index contributed by atoms with van der Waals surface area (Å²) in [4.78, 5) is 15.3. The standard InChI is InChI=1S/C15H19N5OS/c1-11(21)19-15-20-14(10-22-15)7-4-12-2-5-13(6-3-12)17-8-9-18-16/h2-3,5-6,9-10,17H,4,7-8,16H2,1H3,(H,19,20,21). The highest BCUT2D eigenvalue weighted by atomic mass is 32.1. The number of nitrogens with two attached hydrogens (primary N) is 1. The van der Waals surface area contributed by atoms with E-state index in [0.29, 0.717) is 11.7 Å². The lowest BCUT2D eigenvalue weighted by Gasteiger charge is -2.04. The van der Waals surface area contributed by atoms with Gasteiger partial charge in [-0.25, -0.2) is 4.98 Å². The molecule has 1 heterocycles. The zero-order valence-electron chi connectivity index (χ0n) is 12.4. The molecule has 116 valence electrons. The maximum absolute atomic E-state index is 11.0. The van der Waals surface area contributed by atoms with E-state index in [1.807, 2.05) is 17.5 Å². The van der Waals surface area contributed by atoms with Crippen LogP contribution < -0.4 is 16.5 Å². The molecule has 6 nitrogen and oxygen atoms in total. The molecule has 0 bridgehead atoms. The Bertz CT molecular complexity index is 636. The minimum atomic E-state index is -0.0938. The van der Waals surface area contributed by atoms with Crippen LogP contribution in [0, 0.1) is 0 Å². The van der Waals surface area contributed by atoms with Crippen LogP contribution in [0.1, 0.15) is 18.2 Å². The van der Waals surface area contributed by atoms with Gasteiger partial charge < -0.3 is 16.5 Å². The third kappa shape index (κ3) is 5.17. The third-order valence-electron chi connectivity index (χ3n) is 2.96. The number of hydrazone groups is 1. The summed E-state index contributed by atoms with van der Waals surface area (Å²) in [5.41, 5.74) is 3.27. The zero-order chi connectivity index (χ0) is 15.8. The number of aryl methyl sites for hydroxylation is 2.